The fraction of sp³-hybridized carbons (Fsp3) is 0.700. The summed E-state index contributed by atoms with van der Waals surface area (Å²) in [5.41, 5.74) is 1.37. The van der Waals surface area contributed by atoms with E-state index in [9.17, 15) is 0 Å². The minimum Gasteiger partial charge on any atom is -0.198 e. The van der Waals surface area contributed by atoms with Crippen LogP contribution in [0.25, 0.3) is 0 Å². The third-order valence-electron chi connectivity index (χ3n) is 1.57. The number of allylic oxidation sites excluding steroid dienone is 2. The molecule has 1 atom stereocenters. The van der Waals surface area contributed by atoms with Gasteiger partial charge in [0, 0.05) is 6.42 Å². The summed E-state index contributed by atoms with van der Waals surface area (Å²) in [5, 5.41) is 8.30. The predicted octanol–water partition coefficient (Wildman–Crippen LogP) is 3.28. The monoisotopic (exact) mass is 151 g/mol. The molecule has 0 aliphatic carbocycles. The number of hydrogen-bond acceptors (Lipinski definition) is 1. The second-order valence-corrected chi connectivity index (χ2v) is 3.27. The highest BCUT2D eigenvalue weighted by atomic mass is 14.2. The fourth-order valence-corrected chi connectivity index (χ4v) is 1.16. The molecule has 0 spiro atoms. The Bertz CT molecular complexity index is 158. The van der Waals surface area contributed by atoms with Crippen LogP contribution < -0.4 is 0 Å². The molecule has 0 saturated heterocycles. The molecular weight excluding hydrogens is 134 g/mol. The molecule has 1 heteroatoms. The number of unbranched alkanes of at least 4 members (excludes halogenated alkanes) is 1. The van der Waals surface area contributed by atoms with E-state index in [-0.39, 0.29) is 0 Å². The molecule has 0 aromatic heterocycles. The van der Waals surface area contributed by atoms with Crippen LogP contribution in [0.5, 0.6) is 0 Å². The van der Waals surface area contributed by atoms with E-state index in [4.69, 9.17) is 5.26 Å². The largest absolute Gasteiger partial charge is 0.198 e. The molecule has 0 aromatic carbocycles. The normalized spacial score (nSPS) is 11.8. The molecule has 0 aromatic rings. The van der Waals surface area contributed by atoms with Crippen molar-refractivity contribution in [3.05, 3.63) is 11.6 Å². The van der Waals surface area contributed by atoms with Gasteiger partial charge in [-0.15, -0.1) is 0 Å². The fourth-order valence-electron chi connectivity index (χ4n) is 1.16. The molecule has 0 radical (unpaired) electrons. The van der Waals surface area contributed by atoms with Crippen molar-refractivity contribution in [2.45, 2.75) is 40.0 Å². The van der Waals surface area contributed by atoms with Crippen molar-refractivity contribution in [2.24, 2.45) is 5.92 Å². The van der Waals surface area contributed by atoms with Crippen LogP contribution in [-0.4, -0.2) is 0 Å². The van der Waals surface area contributed by atoms with E-state index >= 15 is 0 Å². The summed E-state index contributed by atoms with van der Waals surface area (Å²) in [7, 11) is 0. The van der Waals surface area contributed by atoms with Gasteiger partial charge in [-0.05, 0) is 32.6 Å². The first kappa shape index (κ1) is 10.2. The topological polar surface area (TPSA) is 23.8 Å². The van der Waals surface area contributed by atoms with Gasteiger partial charge in [0.05, 0.1) is 6.07 Å². The highest BCUT2D eigenvalue weighted by Gasteiger charge is 1.96. The van der Waals surface area contributed by atoms with Gasteiger partial charge in [0.1, 0.15) is 0 Å². The van der Waals surface area contributed by atoms with E-state index in [1.807, 2.05) is 0 Å². The minimum absolute atomic E-state index is 0.633. The standard InChI is InChI=1S/C10H17N/c1-9(2)8-10(3)6-4-5-7-11/h8,10H,4-6H2,1-3H3. The van der Waals surface area contributed by atoms with E-state index in [2.05, 4.69) is 32.9 Å². The molecule has 0 aliphatic rings. The quantitative estimate of drug-likeness (QED) is 0.447. The van der Waals surface area contributed by atoms with Crippen LogP contribution in [0.4, 0.5) is 0 Å². The van der Waals surface area contributed by atoms with Crippen LogP contribution in [-0.2, 0) is 0 Å². The van der Waals surface area contributed by atoms with E-state index < -0.39 is 0 Å². The molecule has 0 N–H and O–H groups in total. The van der Waals surface area contributed by atoms with Crippen molar-refractivity contribution < 1.29 is 0 Å². The third kappa shape index (κ3) is 7.12. The van der Waals surface area contributed by atoms with Crippen molar-refractivity contribution >= 4 is 0 Å². The molecule has 11 heavy (non-hydrogen) atoms. The first-order valence-electron chi connectivity index (χ1n) is 4.18. The average Bonchev–Trinajstić information content (AvgIpc) is 1.86. The highest BCUT2D eigenvalue weighted by Crippen LogP contribution is 2.10. The zero-order valence-electron chi connectivity index (χ0n) is 7.72. The van der Waals surface area contributed by atoms with Crippen LogP contribution in [0.1, 0.15) is 40.0 Å². The van der Waals surface area contributed by atoms with E-state index in [0.29, 0.717) is 12.3 Å². The molecule has 62 valence electrons. The van der Waals surface area contributed by atoms with Gasteiger partial charge in [-0.1, -0.05) is 18.6 Å². The lowest BCUT2D eigenvalue weighted by molar-refractivity contribution is 0.611. The number of nitrogens with zero attached hydrogens (tertiary/aromatic N) is 1. The van der Waals surface area contributed by atoms with E-state index in [1.165, 1.54) is 5.57 Å². The first-order chi connectivity index (χ1) is 5.16. The molecule has 1 unspecified atom stereocenters. The van der Waals surface area contributed by atoms with Gasteiger partial charge >= 0.3 is 0 Å². The summed E-state index contributed by atoms with van der Waals surface area (Å²) < 4.78 is 0. The molecule has 0 rings (SSSR count). The molecule has 0 aliphatic heterocycles. The van der Waals surface area contributed by atoms with Gasteiger partial charge < -0.3 is 0 Å². The van der Waals surface area contributed by atoms with Gasteiger partial charge in [-0.2, -0.15) is 5.26 Å². The lowest BCUT2D eigenvalue weighted by atomic mass is 10.0. The summed E-state index contributed by atoms with van der Waals surface area (Å²) in [6.45, 7) is 6.42. The molecule has 0 amide bonds. The summed E-state index contributed by atoms with van der Waals surface area (Å²) in [6, 6.07) is 2.16. The maximum absolute atomic E-state index is 8.30. The SMILES string of the molecule is CC(C)=CC(C)CCCC#N. The van der Waals surface area contributed by atoms with Gasteiger partial charge in [-0.3, -0.25) is 0 Å². The van der Waals surface area contributed by atoms with E-state index in [0.717, 1.165) is 12.8 Å². The third-order valence-corrected chi connectivity index (χ3v) is 1.57. The Kier molecular flexibility index (Phi) is 5.56. The van der Waals surface area contributed by atoms with Crippen molar-refractivity contribution in [3.8, 4) is 6.07 Å². The lowest BCUT2D eigenvalue weighted by Crippen LogP contribution is -1.89. The maximum Gasteiger partial charge on any atom is 0.0621 e. The van der Waals surface area contributed by atoms with Crippen LogP contribution in [0, 0.1) is 17.2 Å². The Morgan fingerprint density at radius 2 is 2.18 bits per heavy atom. The molecule has 1 nitrogen and oxygen atoms in total. The van der Waals surface area contributed by atoms with Crippen LogP contribution in [0.2, 0.25) is 0 Å². The summed E-state index contributed by atoms with van der Waals surface area (Å²) in [6.07, 6.45) is 5.12. The summed E-state index contributed by atoms with van der Waals surface area (Å²) in [5.74, 6) is 0.633. The summed E-state index contributed by atoms with van der Waals surface area (Å²) >= 11 is 0. The van der Waals surface area contributed by atoms with Gasteiger partial charge in [0.25, 0.3) is 0 Å². The number of nitriles is 1. The number of hydrogen-bond donors (Lipinski definition) is 0. The Morgan fingerprint density at radius 3 is 2.64 bits per heavy atom. The molecular formula is C10H17N. The Labute approximate surface area is 69.7 Å². The zero-order valence-corrected chi connectivity index (χ0v) is 7.72. The second kappa shape index (κ2) is 5.97. The second-order valence-electron chi connectivity index (χ2n) is 3.27. The maximum atomic E-state index is 8.30. The first-order valence-corrected chi connectivity index (χ1v) is 4.18. The highest BCUT2D eigenvalue weighted by molar-refractivity contribution is 4.96. The Hall–Kier alpha value is -0.770. The minimum atomic E-state index is 0.633. The molecule has 0 heterocycles. The summed E-state index contributed by atoms with van der Waals surface area (Å²) in [4.78, 5) is 0. The molecule has 0 saturated carbocycles. The van der Waals surface area contributed by atoms with Gasteiger partial charge in [-0.25, -0.2) is 0 Å². The molecule has 0 bridgehead atoms. The number of rotatable bonds is 4. The average molecular weight is 151 g/mol. The van der Waals surface area contributed by atoms with Crippen molar-refractivity contribution in [1.82, 2.24) is 0 Å². The van der Waals surface area contributed by atoms with Gasteiger partial charge in [0.2, 0.25) is 0 Å². The van der Waals surface area contributed by atoms with Crippen LogP contribution >= 0.6 is 0 Å². The van der Waals surface area contributed by atoms with Crippen molar-refractivity contribution in [1.29, 1.82) is 5.26 Å². The predicted molar refractivity (Wildman–Crippen MR) is 48.1 cm³/mol. The van der Waals surface area contributed by atoms with Crippen molar-refractivity contribution in [3.63, 3.8) is 0 Å². The van der Waals surface area contributed by atoms with Crippen LogP contribution in [0.3, 0.4) is 0 Å². The zero-order chi connectivity index (χ0) is 8.69. The van der Waals surface area contributed by atoms with E-state index in [1.54, 1.807) is 0 Å². The Morgan fingerprint density at radius 1 is 1.55 bits per heavy atom. The van der Waals surface area contributed by atoms with Crippen LogP contribution in [0.15, 0.2) is 11.6 Å². The van der Waals surface area contributed by atoms with Gasteiger partial charge in [0.15, 0.2) is 0 Å². The van der Waals surface area contributed by atoms with Crippen molar-refractivity contribution in [2.75, 3.05) is 0 Å². The smallest absolute Gasteiger partial charge is 0.0621 e. The Balaban J connectivity index is 3.47. The lowest BCUT2D eigenvalue weighted by Gasteiger charge is -2.03. The molecule has 0 fully saturated rings.